The molecule has 1 atom stereocenters. The summed E-state index contributed by atoms with van der Waals surface area (Å²) in [6.07, 6.45) is 6.25. The van der Waals surface area contributed by atoms with Crippen LogP contribution < -0.4 is 4.90 Å². The first kappa shape index (κ1) is 27.4. The highest BCUT2D eigenvalue weighted by molar-refractivity contribution is 7.16. The van der Waals surface area contributed by atoms with Crippen LogP contribution in [0.2, 0.25) is 0 Å². The number of carbonyl (C=O) groups is 1. The fraction of sp³-hybridized carbons (Fsp3) is 0.267. The molecule has 6 rings (SSSR count). The molecular formula is C30H27FN8O2S. The molecule has 10 nitrogen and oxygen atoms in total. The van der Waals surface area contributed by atoms with Crippen LogP contribution in [0.15, 0.2) is 55.0 Å². The number of anilines is 2. The van der Waals surface area contributed by atoms with Crippen LogP contribution in [0.4, 0.5) is 15.3 Å². The molecule has 12 heteroatoms. The van der Waals surface area contributed by atoms with Crippen LogP contribution in [-0.2, 0) is 17.6 Å². The van der Waals surface area contributed by atoms with E-state index in [1.54, 1.807) is 29.4 Å². The Morgan fingerprint density at radius 2 is 1.88 bits per heavy atom. The lowest BCUT2D eigenvalue weighted by Crippen LogP contribution is -2.31. The zero-order chi connectivity index (χ0) is 29.4. The van der Waals surface area contributed by atoms with Crippen molar-refractivity contribution in [2.24, 2.45) is 0 Å². The van der Waals surface area contributed by atoms with Gasteiger partial charge in [0, 0.05) is 55.4 Å². The number of nitriles is 1. The van der Waals surface area contributed by atoms with Gasteiger partial charge in [0.15, 0.2) is 5.13 Å². The molecule has 1 N–H and O–H groups in total. The van der Waals surface area contributed by atoms with Gasteiger partial charge in [0.2, 0.25) is 5.91 Å². The number of carbonyl (C=O) groups excluding carboxylic acids is 1. The number of aliphatic hydroxyl groups is 1. The van der Waals surface area contributed by atoms with E-state index in [-0.39, 0.29) is 18.1 Å². The first-order chi connectivity index (χ1) is 20.3. The summed E-state index contributed by atoms with van der Waals surface area (Å²) in [4.78, 5) is 35.0. The zero-order valence-corrected chi connectivity index (χ0v) is 23.8. The van der Waals surface area contributed by atoms with Crippen LogP contribution in [0.3, 0.4) is 0 Å². The van der Waals surface area contributed by atoms with Crippen molar-refractivity contribution in [3.63, 3.8) is 0 Å². The molecular weight excluding hydrogens is 555 g/mol. The molecule has 0 spiro atoms. The number of imidazole rings is 1. The second-order valence-electron chi connectivity index (χ2n) is 10.1. The molecule has 42 heavy (non-hydrogen) atoms. The van der Waals surface area contributed by atoms with Gasteiger partial charge in [-0.2, -0.15) is 5.26 Å². The second kappa shape index (κ2) is 11.3. The first-order valence-electron chi connectivity index (χ1n) is 13.5. The Labute approximate surface area is 245 Å². The highest BCUT2D eigenvalue weighted by Crippen LogP contribution is 2.37. The number of fused-ring (bicyclic) bond motifs is 1. The van der Waals surface area contributed by atoms with Crippen LogP contribution in [0.1, 0.15) is 29.7 Å². The van der Waals surface area contributed by atoms with Gasteiger partial charge >= 0.3 is 0 Å². The van der Waals surface area contributed by atoms with E-state index in [4.69, 9.17) is 9.97 Å². The number of nitrogens with zero attached hydrogens (tertiary/aromatic N) is 8. The lowest BCUT2D eigenvalue weighted by atomic mass is 10.1. The summed E-state index contributed by atoms with van der Waals surface area (Å²) in [6.45, 7) is 2.93. The zero-order valence-electron chi connectivity index (χ0n) is 23.0. The van der Waals surface area contributed by atoms with Gasteiger partial charge in [-0.15, -0.1) is 0 Å². The molecule has 4 aromatic heterocycles. The number of rotatable bonds is 7. The Balaban J connectivity index is 1.30. The van der Waals surface area contributed by atoms with Crippen LogP contribution in [0.25, 0.3) is 28.0 Å². The van der Waals surface area contributed by atoms with Gasteiger partial charge in [-0.1, -0.05) is 18.3 Å². The lowest BCUT2D eigenvalue weighted by molar-refractivity contribution is -0.129. The molecule has 1 aliphatic rings. The number of hydrogen-bond donors (Lipinski definition) is 1. The van der Waals surface area contributed by atoms with Crippen molar-refractivity contribution in [3.8, 4) is 28.5 Å². The maximum Gasteiger partial charge on any atom is 0.230 e. The summed E-state index contributed by atoms with van der Waals surface area (Å²) in [5.74, 6) is 0.796. The summed E-state index contributed by atoms with van der Waals surface area (Å²) in [5, 5.41) is 20.1. The number of amides is 1. The quantitative estimate of drug-likeness (QED) is 0.300. The van der Waals surface area contributed by atoms with Crippen molar-refractivity contribution in [1.82, 2.24) is 29.2 Å². The summed E-state index contributed by atoms with van der Waals surface area (Å²) >= 11 is 1.26. The van der Waals surface area contributed by atoms with E-state index in [0.29, 0.717) is 53.0 Å². The number of pyridine rings is 1. The molecule has 5 aromatic rings. The SMILES string of the molecule is CCc1nc2ccc(-c3cnc(CC(=O)N4CC[C@@H](O)C4)nc3)cn2c1N(C)c1nc(-c2ccc(F)cc2)c(C#N)s1. The summed E-state index contributed by atoms with van der Waals surface area (Å²) in [6, 6.07) is 12.0. The maximum absolute atomic E-state index is 13.5. The minimum atomic E-state index is -0.464. The van der Waals surface area contributed by atoms with Crippen molar-refractivity contribution in [2.75, 3.05) is 25.0 Å². The molecule has 0 bridgehead atoms. The molecule has 1 fully saturated rings. The number of aromatic nitrogens is 5. The van der Waals surface area contributed by atoms with Gasteiger partial charge in [0.25, 0.3) is 0 Å². The minimum absolute atomic E-state index is 0.0841. The van der Waals surface area contributed by atoms with Crippen molar-refractivity contribution in [3.05, 3.63) is 77.2 Å². The summed E-state index contributed by atoms with van der Waals surface area (Å²) in [5.41, 5.74) is 4.44. The van der Waals surface area contributed by atoms with Gasteiger partial charge in [-0.05, 0) is 49.2 Å². The fourth-order valence-electron chi connectivity index (χ4n) is 5.08. The Hall–Kier alpha value is -4.73. The normalized spacial score (nSPS) is 14.8. The van der Waals surface area contributed by atoms with Gasteiger partial charge in [0.1, 0.15) is 39.7 Å². The molecule has 0 aliphatic carbocycles. The van der Waals surface area contributed by atoms with Crippen molar-refractivity contribution in [1.29, 1.82) is 5.26 Å². The highest BCUT2D eigenvalue weighted by Gasteiger charge is 2.25. The van der Waals surface area contributed by atoms with E-state index in [0.717, 1.165) is 28.3 Å². The van der Waals surface area contributed by atoms with Gasteiger partial charge in [-0.25, -0.2) is 24.3 Å². The largest absolute Gasteiger partial charge is 0.391 e. The summed E-state index contributed by atoms with van der Waals surface area (Å²) < 4.78 is 15.5. The van der Waals surface area contributed by atoms with E-state index < -0.39 is 6.10 Å². The Bertz CT molecular complexity index is 1810. The minimum Gasteiger partial charge on any atom is -0.391 e. The molecule has 1 aliphatic heterocycles. The topological polar surface area (TPSA) is 124 Å². The molecule has 1 aromatic carbocycles. The van der Waals surface area contributed by atoms with Crippen LogP contribution in [0.5, 0.6) is 0 Å². The number of likely N-dealkylation sites (tertiary alicyclic amines) is 1. The van der Waals surface area contributed by atoms with Gasteiger partial charge < -0.3 is 14.9 Å². The van der Waals surface area contributed by atoms with E-state index in [1.165, 1.54) is 23.5 Å². The van der Waals surface area contributed by atoms with Crippen molar-refractivity contribution in [2.45, 2.75) is 32.3 Å². The highest BCUT2D eigenvalue weighted by atomic mass is 32.1. The fourth-order valence-corrected chi connectivity index (χ4v) is 5.93. The molecule has 1 saturated heterocycles. The number of halogens is 1. The second-order valence-corrected chi connectivity index (χ2v) is 11.1. The number of benzene rings is 1. The van der Waals surface area contributed by atoms with E-state index in [9.17, 15) is 19.6 Å². The number of aryl methyl sites for hydroxylation is 1. The Morgan fingerprint density at radius 3 is 2.55 bits per heavy atom. The van der Waals surface area contributed by atoms with E-state index in [1.807, 2.05) is 41.6 Å². The molecule has 212 valence electrons. The Morgan fingerprint density at radius 1 is 1.14 bits per heavy atom. The van der Waals surface area contributed by atoms with Gasteiger partial charge in [0.05, 0.1) is 18.2 Å². The van der Waals surface area contributed by atoms with E-state index in [2.05, 4.69) is 16.0 Å². The lowest BCUT2D eigenvalue weighted by Gasteiger charge is -2.17. The number of hydrogen-bond acceptors (Lipinski definition) is 9. The average Bonchev–Trinajstić information content (AvgIpc) is 3.73. The standard InChI is InChI=1S/C30H27FN8O2S/c1-3-23-29(37(2)30-36-28(24(13-32)42-30)18-4-7-21(31)8-5-18)39-16-19(6-9-26(39)35-23)20-14-33-25(34-15-20)12-27(41)38-11-10-22(40)17-38/h4-9,14-16,22,40H,3,10-12,17H2,1-2H3/t22-/m1/s1. The molecule has 1 amide bonds. The third-order valence-electron chi connectivity index (χ3n) is 7.30. The van der Waals surface area contributed by atoms with Crippen LogP contribution >= 0.6 is 11.3 Å². The van der Waals surface area contributed by atoms with Crippen molar-refractivity contribution >= 4 is 33.8 Å². The third-order valence-corrected chi connectivity index (χ3v) is 8.34. The van der Waals surface area contributed by atoms with Crippen molar-refractivity contribution < 1.29 is 14.3 Å². The smallest absolute Gasteiger partial charge is 0.230 e. The number of β-amino-alcohol motifs (C(OH)–C–C–N with tert-alkyl or cyclic N) is 1. The number of aliphatic hydroxyl groups excluding tert-OH is 1. The van der Waals surface area contributed by atoms with Crippen LogP contribution in [0, 0.1) is 17.1 Å². The van der Waals surface area contributed by atoms with E-state index >= 15 is 0 Å². The third kappa shape index (κ3) is 5.20. The first-order valence-corrected chi connectivity index (χ1v) is 14.3. The average molecular weight is 583 g/mol. The Kier molecular flexibility index (Phi) is 7.36. The van der Waals surface area contributed by atoms with Crippen LogP contribution in [-0.4, -0.2) is 66.5 Å². The maximum atomic E-state index is 13.5. The molecule has 0 radical (unpaired) electrons. The number of thiazole rings is 1. The monoisotopic (exact) mass is 582 g/mol. The molecule has 0 unspecified atom stereocenters. The molecule has 5 heterocycles. The predicted molar refractivity (Wildman–Crippen MR) is 157 cm³/mol. The molecule has 0 saturated carbocycles. The van der Waals surface area contributed by atoms with Gasteiger partial charge in [-0.3, -0.25) is 9.20 Å². The summed E-state index contributed by atoms with van der Waals surface area (Å²) in [7, 11) is 1.89. The predicted octanol–water partition coefficient (Wildman–Crippen LogP) is 4.39.